The second-order valence-electron chi connectivity index (χ2n) is 6.85. The van der Waals surface area contributed by atoms with Gasteiger partial charge in [0, 0.05) is 17.6 Å². The third-order valence-corrected chi connectivity index (χ3v) is 6.54. The van der Waals surface area contributed by atoms with Crippen molar-refractivity contribution in [3.05, 3.63) is 51.6 Å². The van der Waals surface area contributed by atoms with Crippen molar-refractivity contribution in [1.29, 1.82) is 5.26 Å². The first kappa shape index (κ1) is 22.7. The maximum atomic E-state index is 12.4. The van der Waals surface area contributed by atoms with Gasteiger partial charge in [0.2, 0.25) is 5.91 Å². The zero-order valence-corrected chi connectivity index (χ0v) is 19.2. The summed E-state index contributed by atoms with van der Waals surface area (Å²) in [6.45, 7) is 3.90. The van der Waals surface area contributed by atoms with Gasteiger partial charge in [-0.3, -0.25) is 4.79 Å². The highest BCUT2D eigenvalue weighted by Gasteiger charge is 2.37. The summed E-state index contributed by atoms with van der Waals surface area (Å²) < 4.78 is 32.5. The first-order valence-corrected chi connectivity index (χ1v) is 11.6. The molecular weight excluding hydrogens is 488 g/mol. The molecule has 1 saturated heterocycles. The van der Waals surface area contributed by atoms with Gasteiger partial charge in [0.05, 0.1) is 34.2 Å². The Morgan fingerprint density at radius 1 is 1.35 bits per heavy atom. The van der Waals surface area contributed by atoms with Crippen molar-refractivity contribution in [3.63, 3.8) is 0 Å². The van der Waals surface area contributed by atoms with Crippen LogP contribution in [0.5, 0.6) is 0 Å². The van der Waals surface area contributed by atoms with E-state index in [1.807, 2.05) is 6.07 Å². The molecule has 162 valence electrons. The Bertz CT molecular complexity index is 1190. The van der Waals surface area contributed by atoms with Gasteiger partial charge in [0.1, 0.15) is 11.9 Å². The number of ether oxygens (including phenoxy) is 1. The predicted octanol–water partition coefficient (Wildman–Crippen LogP) is 2.14. The lowest BCUT2D eigenvalue weighted by atomic mass is 9.98. The molecule has 3 rings (SSSR count). The SMILES string of the molecule is CCOC(=O)c1cc(C#N)c(N2CC(C(=O)NS(=O)(=O)c3cccc(Br)c3)C2)nc1C. The number of rotatable bonds is 6. The maximum absolute atomic E-state index is 12.4. The smallest absolute Gasteiger partial charge is 0.340 e. The Morgan fingerprint density at radius 2 is 2.06 bits per heavy atom. The highest BCUT2D eigenvalue weighted by Crippen LogP contribution is 2.28. The predicted molar refractivity (Wildman–Crippen MR) is 115 cm³/mol. The molecule has 11 heteroatoms. The number of pyridine rings is 1. The number of aromatic nitrogens is 1. The summed E-state index contributed by atoms with van der Waals surface area (Å²) in [7, 11) is -3.99. The molecule has 9 nitrogen and oxygen atoms in total. The molecule has 1 aromatic heterocycles. The maximum Gasteiger partial charge on any atom is 0.340 e. The average molecular weight is 507 g/mol. The van der Waals surface area contributed by atoms with E-state index in [1.54, 1.807) is 30.9 Å². The van der Waals surface area contributed by atoms with Gasteiger partial charge in [-0.25, -0.2) is 22.9 Å². The first-order chi connectivity index (χ1) is 14.7. The number of carbonyl (C=O) groups is 2. The standard InChI is InChI=1S/C20H19BrN4O5S/c1-3-30-20(27)17-7-13(9-22)18(23-12(17)2)25-10-14(11-25)19(26)24-31(28,29)16-6-4-5-15(21)8-16/h4-8,14H,3,10-11H2,1-2H3,(H,24,26). The number of nitriles is 1. The molecule has 0 atom stereocenters. The number of sulfonamides is 1. The number of carbonyl (C=O) groups excluding carboxylic acids is 2. The number of aryl methyl sites for hydroxylation is 1. The van der Waals surface area contributed by atoms with Gasteiger partial charge in [-0.2, -0.15) is 5.26 Å². The molecule has 0 saturated carbocycles. The lowest BCUT2D eigenvalue weighted by molar-refractivity contribution is -0.123. The van der Waals surface area contributed by atoms with Crippen LogP contribution in [0.25, 0.3) is 0 Å². The van der Waals surface area contributed by atoms with Crippen LogP contribution in [0.4, 0.5) is 5.82 Å². The second kappa shape index (κ2) is 9.03. The average Bonchev–Trinajstić information content (AvgIpc) is 2.66. The van der Waals surface area contributed by atoms with E-state index >= 15 is 0 Å². The van der Waals surface area contributed by atoms with Crippen LogP contribution in [-0.2, 0) is 19.6 Å². The van der Waals surface area contributed by atoms with Gasteiger partial charge < -0.3 is 9.64 Å². The highest BCUT2D eigenvalue weighted by atomic mass is 79.9. The van der Waals surface area contributed by atoms with E-state index in [9.17, 15) is 23.3 Å². The van der Waals surface area contributed by atoms with Crippen LogP contribution in [0.2, 0.25) is 0 Å². The zero-order valence-electron chi connectivity index (χ0n) is 16.8. The normalized spacial score (nSPS) is 13.8. The van der Waals surface area contributed by atoms with Gasteiger partial charge in [-0.1, -0.05) is 22.0 Å². The third kappa shape index (κ3) is 4.86. The number of esters is 1. The Hall–Kier alpha value is -2.97. The molecule has 1 amide bonds. The van der Waals surface area contributed by atoms with Crippen molar-refractivity contribution in [1.82, 2.24) is 9.71 Å². The van der Waals surface area contributed by atoms with E-state index in [2.05, 4.69) is 25.6 Å². The number of anilines is 1. The van der Waals surface area contributed by atoms with E-state index in [1.165, 1.54) is 18.2 Å². The third-order valence-electron chi connectivity index (χ3n) is 4.70. The molecule has 1 aliphatic heterocycles. The fourth-order valence-corrected chi connectivity index (χ4v) is 4.70. The van der Waals surface area contributed by atoms with E-state index < -0.39 is 27.8 Å². The molecule has 0 bridgehead atoms. The minimum Gasteiger partial charge on any atom is -0.462 e. The fourth-order valence-electron chi connectivity index (χ4n) is 3.06. The van der Waals surface area contributed by atoms with Gasteiger partial charge in [-0.05, 0) is 38.1 Å². The molecule has 2 aromatic rings. The quantitative estimate of drug-likeness (QED) is 0.589. The molecule has 1 aliphatic rings. The van der Waals surface area contributed by atoms with Gasteiger partial charge in [0.25, 0.3) is 10.0 Å². The van der Waals surface area contributed by atoms with E-state index in [0.29, 0.717) is 16.0 Å². The van der Waals surface area contributed by atoms with E-state index in [4.69, 9.17) is 4.74 Å². The number of hydrogen-bond donors (Lipinski definition) is 1. The molecule has 0 spiro atoms. The Morgan fingerprint density at radius 3 is 2.68 bits per heavy atom. The van der Waals surface area contributed by atoms with Gasteiger partial charge in [0.15, 0.2) is 0 Å². The monoisotopic (exact) mass is 506 g/mol. The number of nitrogens with zero attached hydrogens (tertiary/aromatic N) is 3. The molecule has 0 aliphatic carbocycles. The van der Waals surface area contributed by atoms with Crippen molar-refractivity contribution >= 4 is 43.6 Å². The first-order valence-electron chi connectivity index (χ1n) is 9.32. The molecular formula is C20H19BrN4O5S. The fraction of sp³-hybridized carbons (Fsp3) is 0.300. The number of benzene rings is 1. The number of amides is 1. The van der Waals surface area contributed by atoms with Crippen LogP contribution in [0.1, 0.15) is 28.5 Å². The van der Waals surface area contributed by atoms with Crippen molar-refractivity contribution in [2.24, 2.45) is 5.92 Å². The molecule has 1 fully saturated rings. The number of nitrogens with one attached hydrogen (secondary N) is 1. The lowest BCUT2D eigenvalue weighted by Crippen LogP contribution is -2.55. The van der Waals surface area contributed by atoms with Gasteiger partial charge >= 0.3 is 5.97 Å². The second-order valence-corrected chi connectivity index (χ2v) is 9.45. The molecule has 1 N–H and O–H groups in total. The van der Waals surface area contributed by atoms with Crippen LogP contribution in [-0.4, -0.2) is 45.0 Å². The van der Waals surface area contributed by atoms with Crippen molar-refractivity contribution in [2.75, 3.05) is 24.6 Å². The van der Waals surface area contributed by atoms with Crippen LogP contribution in [0.15, 0.2) is 39.7 Å². The highest BCUT2D eigenvalue weighted by molar-refractivity contribution is 9.10. The van der Waals surface area contributed by atoms with Crippen molar-refractivity contribution in [2.45, 2.75) is 18.7 Å². The largest absolute Gasteiger partial charge is 0.462 e. The number of hydrogen-bond acceptors (Lipinski definition) is 8. The topological polar surface area (TPSA) is 129 Å². The van der Waals surface area contributed by atoms with Crippen molar-refractivity contribution < 1.29 is 22.7 Å². The Kier molecular flexibility index (Phi) is 6.62. The number of halogens is 1. The summed E-state index contributed by atoms with van der Waals surface area (Å²) in [6.07, 6.45) is 0. The summed E-state index contributed by atoms with van der Waals surface area (Å²) in [4.78, 5) is 30.5. The Balaban J connectivity index is 1.71. The minimum atomic E-state index is -3.99. The molecule has 1 aromatic carbocycles. The van der Waals surface area contributed by atoms with Crippen LogP contribution >= 0.6 is 15.9 Å². The van der Waals surface area contributed by atoms with Crippen LogP contribution in [0.3, 0.4) is 0 Å². The lowest BCUT2D eigenvalue weighted by Gasteiger charge is -2.39. The molecule has 2 heterocycles. The summed E-state index contributed by atoms with van der Waals surface area (Å²) in [5.74, 6) is -1.43. The van der Waals surface area contributed by atoms with Crippen molar-refractivity contribution in [3.8, 4) is 6.07 Å². The summed E-state index contributed by atoms with van der Waals surface area (Å²) in [5, 5.41) is 9.46. The summed E-state index contributed by atoms with van der Waals surface area (Å²) in [5.41, 5.74) is 0.781. The van der Waals surface area contributed by atoms with E-state index in [0.717, 1.165) is 0 Å². The van der Waals surface area contributed by atoms with Crippen LogP contribution < -0.4 is 9.62 Å². The molecule has 31 heavy (non-hydrogen) atoms. The zero-order chi connectivity index (χ0) is 22.8. The summed E-state index contributed by atoms with van der Waals surface area (Å²) in [6, 6.07) is 9.46. The summed E-state index contributed by atoms with van der Waals surface area (Å²) >= 11 is 3.20. The molecule has 0 unspecified atom stereocenters. The Labute approximate surface area is 188 Å². The molecule has 0 radical (unpaired) electrons. The van der Waals surface area contributed by atoms with E-state index in [-0.39, 0.29) is 35.7 Å². The minimum absolute atomic E-state index is 0.0231. The van der Waals surface area contributed by atoms with Gasteiger partial charge in [-0.15, -0.1) is 0 Å². The van der Waals surface area contributed by atoms with Crippen LogP contribution in [0, 0.1) is 24.2 Å².